The number of amides is 1. The number of ether oxygens (including phenoxy) is 1. The lowest BCUT2D eigenvalue weighted by atomic mass is 10.1. The number of benzene rings is 2. The van der Waals surface area contributed by atoms with Crippen molar-refractivity contribution in [2.45, 2.75) is 6.54 Å². The van der Waals surface area contributed by atoms with Gasteiger partial charge in [-0.05, 0) is 35.9 Å². The predicted molar refractivity (Wildman–Crippen MR) is 84.6 cm³/mol. The Morgan fingerprint density at radius 1 is 1.24 bits per heavy atom. The zero-order chi connectivity index (χ0) is 15.2. The number of hydrogen-bond acceptors (Lipinski definition) is 4. The normalized spacial score (nSPS) is 10.0. The number of nitrogens with one attached hydrogen (secondary N) is 2. The minimum Gasteiger partial charge on any atom is -0.497 e. The Morgan fingerprint density at radius 2 is 2.05 bits per heavy atom. The van der Waals surface area contributed by atoms with Gasteiger partial charge in [0, 0.05) is 19.2 Å². The fourth-order valence-electron chi connectivity index (χ4n) is 1.99. The minimum atomic E-state index is -0.152. The predicted octanol–water partition coefficient (Wildman–Crippen LogP) is 2.25. The zero-order valence-corrected chi connectivity index (χ0v) is 12.1. The van der Waals surface area contributed by atoms with Crippen molar-refractivity contribution in [1.29, 1.82) is 0 Å². The van der Waals surface area contributed by atoms with Gasteiger partial charge in [-0.2, -0.15) is 0 Å². The highest BCUT2D eigenvalue weighted by atomic mass is 16.5. The fraction of sp³-hybridized carbons (Fsp3) is 0.188. The first-order valence-electron chi connectivity index (χ1n) is 6.62. The molecule has 5 heteroatoms. The third-order valence-electron chi connectivity index (χ3n) is 3.16. The number of rotatable bonds is 5. The molecular formula is C16H19N3O2. The molecule has 0 spiro atoms. The van der Waals surface area contributed by atoms with Crippen LogP contribution in [0.5, 0.6) is 5.75 Å². The topological polar surface area (TPSA) is 76.4 Å². The summed E-state index contributed by atoms with van der Waals surface area (Å²) >= 11 is 0. The number of methoxy groups -OCH3 is 1. The van der Waals surface area contributed by atoms with E-state index in [4.69, 9.17) is 10.5 Å². The molecule has 0 aromatic heterocycles. The molecule has 0 aliphatic carbocycles. The van der Waals surface area contributed by atoms with E-state index in [2.05, 4.69) is 10.6 Å². The Balaban J connectivity index is 2.07. The Labute approximate surface area is 124 Å². The van der Waals surface area contributed by atoms with Crippen molar-refractivity contribution < 1.29 is 9.53 Å². The molecule has 4 N–H and O–H groups in total. The van der Waals surface area contributed by atoms with Gasteiger partial charge in [0.2, 0.25) is 0 Å². The fourth-order valence-corrected chi connectivity index (χ4v) is 1.99. The summed E-state index contributed by atoms with van der Waals surface area (Å²) in [4.78, 5) is 11.5. The van der Waals surface area contributed by atoms with E-state index >= 15 is 0 Å². The quantitative estimate of drug-likeness (QED) is 0.736. The van der Waals surface area contributed by atoms with Crippen LogP contribution in [0, 0.1) is 0 Å². The molecule has 2 rings (SSSR count). The summed E-state index contributed by atoms with van der Waals surface area (Å²) in [5.74, 6) is 0.665. The number of carbonyl (C=O) groups excluding carboxylic acids is 1. The summed E-state index contributed by atoms with van der Waals surface area (Å²) in [5, 5.41) is 5.82. The number of carbonyl (C=O) groups is 1. The summed E-state index contributed by atoms with van der Waals surface area (Å²) < 4.78 is 5.19. The van der Waals surface area contributed by atoms with Crippen LogP contribution in [0.1, 0.15) is 15.9 Å². The van der Waals surface area contributed by atoms with Crippen LogP contribution in [0.25, 0.3) is 0 Å². The lowest BCUT2D eigenvalue weighted by Crippen LogP contribution is -2.18. The first-order valence-corrected chi connectivity index (χ1v) is 6.62. The highest BCUT2D eigenvalue weighted by Crippen LogP contribution is 2.21. The maximum absolute atomic E-state index is 11.5. The average molecular weight is 285 g/mol. The molecule has 21 heavy (non-hydrogen) atoms. The molecule has 0 radical (unpaired) electrons. The van der Waals surface area contributed by atoms with E-state index in [1.807, 2.05) is 24.3 Å². The SMILES string of the molecule is CNC(=O)c1ccc(NCc2cccc(OC)c2)c(N)c1. The van der Waals surface area contributed by atoms with Gasteiger partial charge in [0.15, 0.2) is 0 Å². The van der Waals surface area contributed by atoms with E-state index in [-0.39, 0.29) is 5.91 Å². The molecule has 110 valence electrons. The Morgan fingerprint density at radius 3 is 2.71 bits per heavy atom. The van der Waals surface area contributed by atoms with Gasteiger partial charge in [-0.25, -0.2) is 0 Å². The molecule has 2 aromatic rings. The lowest BCUT2D eigenvalue weighted by Gasteiger charge is -2.11. The minimum absolute atomic E-state index is 0.152. The van der Waals surface area contributed by atoms with Crippen molar-refractivity contribution in [3.8, 4) is 5.75 Å². The van der Waals surface area contributed by atoms with Gasteiger partial charge in [0.1, 0.15) is 5.75 Å². The van der Waals surface area contributed by atoms with Crippen molar-refractivity contribution in [1.82, 2.24) is 5.32 Å². The second kappa shape index (κ2) is 6.65. The molecule has 0 unspecified atom stereocenters. The molecule has 0 aliphatic rings. The molecule has 0 saturated carbocycles. The Kier molecular flexibility index (Phi) is 4.66. The summed E-state index contributed by atoms with van der Waals surface area (Å²) in [6, 6.07) is 13.0. The summed E-state index contributed by atoms with van der Waals surface area (Å²) in [6.07, 6.45) is 0. The highest BCUT2D eigenvalue weighted by Gasteiger charge is 2.06. The maximum atomic E-state index is 11.5. The number of nitrogen functional groups attached to an aromatic ring is 1. The van der Waals surface area contributed by atoms with Crippen molar-refractivity contribution in [2.24, 2.45) is 0 Å². The average Bonchev–Trinajstić information content (AvgIpc) is 2.53. The van der Waals surface area contributed by atoms with E-state index < -0.39 is 0 Å². The maximum Gasteiger partial charge on any atom is 0.251 e. The molecule has 2 aromatic carbocycles. The monoisotopic (exact) mass is 285 g/mol. The van der Waals surface area contributed by atoms with Crippen LogP contribution >= 0.6 is 0 Å². The van der Waals surface area contributed by atoms with Crippen LogP contribution in [-0.4, -0.2) is 20.1 Å². The summed E-state index contributed by atoms with van der Waals surface area (Å²) in [7, 11) is 3.23. The van der Waals surface area contributed by atoms with E-state index in [1.54, 1.807) is 32.4 Å². The van der Waals surface area contributed by atoms with E-state index in [0.29, 0.717) is 17.8 Å². The molecule has 0 saturated heterocycles. The molecule has 0 atom stereocenters. The Bertz CT molecular complexity index is 641. The Hall–Kier alpha value is -2.69. The molecule has 0 bridgehead atoms. The number of nitrogens with two attached hydrogens (primary N) is 1. The van der Waals surface area contributed by atoms with Crippen molar-refractivity contribution in [2.75, 3.05) is 25.2 Å². The van der Waals surface area contributed by atoms with Crippen LogP contribution in [0.4, 0.5) is 11.4 Å². The van der Waals surface area contributed by atoms with Crippen LogP contribution in [-0.2, 0) is 6.54 Å². The van der Waals surface area contributed by atoms with Crippen LogP contribution < -0.4 is 21.1 Å². The smallest absolute Gasteiger partial charge is 0.251 e. The van der Waals surface area contributed by atoms with Gasteiger partial charge >= 0.3 is 0 Å². The van der Waals surface area contributed by atoms with Gasteiger partial charge in [-0.15, -0.1) is 0 Å². The first-order chi connectivity index (χ1) is 10.1. The number of hydrogen-bond donors (Lipinski definition) is 3. The van der Waals surface area contributed by atoms with Crippen molar-refractivity contribution >= 4 is 17.3 Å². The third-order valence-corrected chi connectivity index (χ3v) is 3.16. The second-order valence-electron chi connectivity index (χ2n) is 4.59. The molecule has 1 amide bonds. The molecular weight excluding hydrogens is 266 g/mol. The second-order valence-corrected chi connectivity index (χ2v) is 4.59. The standard InChI is InChI=1S/C16H19N3O2/c1-18-16(20)12-6-7-15(14(17)9-12)19-10-11-4-3-5-13(8-11)21-2/h3-9,19H,10,17H2,1-2H3,(H,18,20). The lowest BCUT2D eigenvalue weighted by molar-refractivity contribution is 0.0963. The van der Waals surface area contributed by atoms with Gasteiger partial charge in [-0.1, -0.05) is 12.1 Å². The molecule has 0 aliphatic heterocycles. The molecule has 5 nitrogen and oxygen atoms in total. The van der Waals surface area contributed by atoms with E-state index in [1.165, 1.54) is 0 Å². The highest BCUT2D eigenvalue weighted by molar-refractivity contribution is 5.95. The van der Waals surface area contributed by atoms with Gasteiger partial charge in [-0.3, -0.25) is 4.79 Å². The molecule has 0 fully saturated rings. The van der Waals surface area contributed by atoms with Gasteiger partial charge in [0.25, 0.3) is 5.91 Å². The zero-order valence-electron chi connectivity index (χ0n) is 12.1. The van der Waals surface area contributed by atoms with Gasteiger partial charge in [0.05, 0.1) is 18.5 Å². The largest absolute Gasteiger partial charge is 0.497 e. The van der Waals surface area contributed by atoms with Crippen LogP contribution in [0.2, 0.25) is 0 Å². The first kappa shape index (κ1) is 14.7. The summed E-state index contributed by atoms with van der Waals surface area (Å²) in [5.41, 5.74) is 8.93. The number of anilines is 2. The van der Waals surface area contributed by atoms with E-state index in [0.717, 1.165) is 17.0 Å². The van der Waals surface area contributed by atoms with Gasteiger partial charge < -0.3 is 21.1 Å². The molecule has 0 heterocycles. The summed E-state index contributed by atoms with van der Waals surface area (Å²) in [6.45, 7) is 0.626. The van der Waals surface area contributed by atoms with E-state index in [9.17, 15) is 4.79 Å². The van der Waals surface area contributed by atoms with Crippen molar-refractivity contribution in [3.05, 3.63) is 53.6 Å². The van der Waals surface area contributed by atoms with Crippen LogP contribution in [0.3, 0.4) is 0 Å². The third kappa shape index (κ3) is 3.66. The van der Waals surface area contributed by atoms with Crippen molar-refractivity contribution in [3.63, 3.8) is 0 Å². The van der Waals surface area contributed by atoms with Crippen LogP contribution in [0.15, 0.2) is 42.5 Å².